The smallest absolute Gasteiger partial charge is 0.410 e. The van der Waals surface area contributed by atoms with Gasteiger partial charge in [-0.3, -0.25) is 4.79 Å². The van der Waals surface area contributed by atoms with Gasteiger partial charge in [0.05, 0.1) is 12.2 Å². The molecule has 1 saturated carbocycles. The lowest BCUT2D eigenvalue weighted by atomic mass is 9.56. The molecule has 1 aromatic carbocycles. The van der Waals surface area contributed by atoms with Crippen LogP contribution in [0.3, 0.4) is 0 Å². The second-order valence-electron chi connectivity index (χ2n) is 9.53. The van der Waals surface area contributed by atoms with Crippen molar-refractivity contribution in [2.24, 2.45) is 11.3 Å². The highest BCUT2D eigenvalue weighted by Gasteiger charge is 2.46. The predicted molar refractivity (Wildman–Crippen MR) is 113 cm³/mol. The molecule has 0 unspecified atom stereocenters. The Kier molecular flexibility index (Phi) is 7.04. The molecule has 1 spiro atoms. The fourth-order valence-corrected chi connectivity index (χ4v) is 4.57. The van der Waals surface area contributed by atoms with Crippen LogP contribution in [0.25, 0.3) is 0 Å². The Balaban J connectivity index is 1.32. The molecule has 1 aromatic rings. The van der Waals surface area contributed by atoms with E-state index in [-0.39, 0.29) is 11.7 Å². The summed E-state index contributed by atoms with van der Waals surface area (Å²) in [6.07, 6.45) is 7.73. The van der Waals surface area contributed by atoms with Crippen molar-refractivity contribution in [3.8, 4) is 5.75 Å². The summed E-state index contributed by atoms with van der Waals surface area (Å²) in [6.45, 7) is 8.06. The van der Waals surface area contributed by atoms with Gasteiger partial charge in [-0.2, -0.15) is 0 Å². The Morgan fingerprint density at radius 1 is 1.30 bits per heavy atom. The minimum absolute atomic E-state index is 0.0514. The van der Waals surface area contributed by atoms with Crippen LogP contribution in [0.1, 0.15) is 76.1 Å². The Labute approximate surface area is 178 Å². The summed E-state index contributed by atoms with van der Waals surface area (Å²) in [5.74, 6) is 0.630. The Hall–Kier alpha value is -2.11. The maximum absolute atomic E-state index is 13.6. The van der Waals surface area contributed by atoms with E-state index in [0.29, 0.717) is 30.0 Å². The molecule has 1 aliphatic heterocycles. The lowest BCUT2D eigenvalue weighted by Gasteiger charge is -2.52. The number of benzene rings is 1. The van der Waals surface area contributed by atoms with Crippen molar-refractivity contribution >= 4 is 12.4 Å². The van der Waals surface area contributed by atoms with Crippen molar-refractivity contribution in [1.82, 2.24) is 4.90 Å². The molecule has 2 fully saturated rings. The van der Waals surface area contributed by atoms with Gasteiger partial charge in [-0.05, 0) is 82.3 Å². The second kappa shape index (κ2) is 9.36. The molecular formula is C24H34FNO4. The van der Waals surface area contributed by atoms with Crippen LogP contribution in [0.2, 0.25) is 0 Å². The van der Waals surface area contributed by atoms with E-state index in [4.69, 9.17) is 9.47 Å². The van der Waals surface area contributed by atoms with Crippen LogP contribution in [0.4, 0.5) is 9.18 Å². The summed E-state index contributed by atoms with van der Waals surface area (Å²) in [4.78, 5) is 24.9. The molecule has 3 rings (SSSR count). The lowest BCUT2D eigenvalue weighted by Crippen LogP contribution is -2.49. The fourth-order valence-electron chi connectivity index (χ4n) is 4.57. The molecule has 0 radical (unpaired) electrons. The number of likely N-dealkylation sites (tertiary alicyclic amines) is 1. The van der Waals surface area contributed by atoms with E-state index in [1.54, 1.807) is 6.07 Å². The third-order valence-corrected chi connectivity index (χ3v) is 6.87. The molecular weight excluding hydrogens is 385 g/mol. The molecule has 1 aliphatic carbocycles. The zero-order chi connectivity index (χ0) is 21.8. The minimum Gasteiger partial charge on any atom is -0.493 e. The zero-order valence-electron chi connectivity index (χ0n) is 18.4. The number of hydrogen-bond donors (Lipinski definition) is 0. The first kappa shape index (κ1) is 22.6. The summed E-state index contributed by atoms with van der Waals surface area (Å²) < 4.78 is 24.8. The third kappa shape index (κ3) is 5.52. The van der Waals surface area contributed by atoms with E-state index in [1.807, 2.05) is 25.7 Å². The van der Waals surface area contributed by atoms with Crippen molar-refractivity contribution < 1.29 is 23.5 Å². The Morgan fingerprint density at radius 3 is 2.60 bits per heavy atom. The first-order valence-electron chi connectivity index (χ1n) is 11.1. The first-order chi connectivity index (χ1) is 14.3. The average molecular weight is 420 g/mol. The first-order valence-corrected chi connectivity index (χ1v) is 11.1. The van der Waals surface area contributed by atoms with Gasteiger partial charge in [0.25, 0.3) is 0 Å². The number of hydrogen-bond acceptors (Lipinski definition) is 4. The highest BCUT2D eigenvalue weighted by molar-refractivity contribution is 5.75. The van der Waals surface area contributed by atoms with Crippen LogP contribution in [0.15, 0.2) is 18.2 Å². The van der Waals surface area contributed by atoms with Crippen LogP contribution in [0.5, 0.6) is 5.75 Å². The van der Waals surface area contributed by atoms with Gasteiger partial charge in [-0.1, -0.05) is 6.92 Å². The summed E-state index contributed by atoms with van der Waals surface area (Å²) in [6, 6.07) is 4.34. The van der Waals surface area contributed by atoms with Gasteiger partial charge in [0.2, 0.25) is 0 Å². The van der Waals surface area contributed by atoms with E-state index >= 15 is 0 Å². The highest BCUT2D eigenvalue weighted by Crippen LogP contribution is 2.54. The second-order valence-corrected chi connectivity index (χ2v) is 9.53. The third-order valence-electron chi connectivity index (χ3n) is 6.87. The fraction of sp³-hybridized carbons (Fsp3) is 0.667. The van der Waals surface area contributed by atoms with Crippen LogP contribution < -0.4 is 4.74 Å². The highest BCUT2D eigenvalue weighted by atomic mass is 19.1. The Morgan fingerprint density at radius 2 is 2.00 bits per heavy atom. The standard InChI is InChI=1S/C24H34FNO4/c1-4-23(2,3)30-22(28)26-11-9-24(10-12-26)15-18(16-24)6-5-13-29-20-8-7-19(17-27)21(25)14-20/h7-8,14,17-18H,4-6,9-13,15-16H2,1-3H3. The van der Waals surface area contributed by atoms with E-state index < -0.39 is 11.4 Å². The molecule has 0 bridgehead atoms. The Bertz CT molecular complexity index is 748. The molecule has 6 heteroatoms. The molecule has 1 saturated heterocycles. The number of aldehydes is 1. The topological polar surface area (TPSA) is 55.8 Å². The zero-order valence-corrected chi connectivity index (χ0v) is 18.4. The van der Waals surface area contributed by atoms with Gasteiger partial charge in [0.1, 0.15) is 17.2 Å². The number of carbonyl (C=O) groups excluding carboxylic acids is 2. The molecule has 5 nitrogen and oxygen atoms in total. The number of piperidine rings is 1. The normalized spacial score (nSPS) is 18.7. The van der Waals surface area contributed by atoms with Crippen molar-refractivity contribution in [2.45, 2.75) is 71.3 Å². The largest absolute Gasteiger partial charge is 0.493 e. The van der Waals surface area contributed by atoms with E-state index in [2.05, 4.69) is 0 Å². The number of nitrogens with zero attached hydrogens (tertiary/aromatic N) is 1. The monoisotopic (exact) mass is 419 g/mol. The lowest BCUT2D eigenvalue weighted by molar-refractivity contribution is -0.0340. The molecule has 166 valence electrons. The van der Waals surface area contributed by atoms with Crippen LogP contribution >= 0.6 is 0 Å². The van der Waals surface area contributed by atoms with Crippen molar-refractivity contribution in [1.29, 1.82) is 0 Å². The molecule has 0 atom stereocenters. The molecule has 1 heterocycles. The van der Waals surface area contributed by atoms with Gasteiger partial charge in [0, 0.05) is 19.2 Å². The van der Waals surface area contributed by atoms with Gasteiger partial charge in [-0.15, -0.1) is 0 Å². The average Bonchev–Trinajstić information content (AvgIpc) is 2.70. The number of halogens is 1. The van der Waals surface area contributed by atoms with Crippen molar-refractivity contribution in [3.05, 3.63) is 29.6 Å². The van der Waals surface area contributed by atoms with Crippen molar-refractivity contribution in [2.75, 3.05) is 19.7 Å². The quantitative estimate of drug-likeness (QED) is 0.406. The number of carbonyl (C=O) groups is 2. The molecule has 1 amide bonds. The van der Waals surface area contributed by atoms with E-state index in [0.717, 1.165) is 45.2 Å². The number of ether oxygens (including phenoxy) is 2. The van der Waals surface area contributed by atoms with Crippen LogP contribution in [0, 0.1) is 17.2 Å². The SMILES string of the molecule is CCC(C)(C)OC(=O)N1CCC2(CC1)CC(CCCOc1ccc(C=O)c(F)c1)C2. The maximum atomic E-state index is 13.6. The summed E-state index contributed by atoms with van der Waals surface area (Å²) in [7, 11) is 0. The molecule has 2 aliphatic rings. The van der Waals surface area contributed by atoms with Crippen molar-refractivity contribution in [3.63, 3.8) is 0 Å². The van der Waals surface area contributed by atoms with Gasteiger partial charge in [0.15, 0.2) is 6.29 Å². The summed E-state index contributed by atoms with van der Waals surface area (Å²) in [5, 5.41) is 0. The molecule has 30 heavy (non-hydrogen) atoms. The van der Waals surface area contributed by atoms with Crippen LogP contribution in [-0.2, 0) is 4.74 Å². The number of amides is 1. The van der Waals surface area contributed by atoms with Gasteiger partial charge >= 0.3 is 6.09 Å². The predicted octanol–water partition coefficient (Wildman–Crippen LogP) is 5.61. The summed E-state index contributed by atoms with van der Waals surface area (Å²) >= 11 is 0. The molecule has 0 N–H and O–H groups in total. The van der Waals surface area contributed by atoms with Gasteiger partial charge in [-0.25, -0.2) is 9.18 Å². The van der Waals surface area contributed by atoms with E-state index in [9.17, 15) is 14.0 Å². The summed E-state index contributed by atoms with van der Waals surface area (Å²) in [5.41, 5.74) is 0.0459. The molecule has 0 aromatic heterocycles. The maximum Gasteiger partial charge on any atom is 0.410 e. The number of rotatable bonds is 8. The van der Waals surface area contributed by atoms with Crippen LogP contribution in [-0.4, -0.2) is 42.6 Å². The van der Waals surface area contributed by atoms with E-state index in [1.165, 1.54) is 25.0 Å². The van der Waals surface area contributed by atoms with Gasteiger partial charge < -0.3 is 14.4 Å². The minimum atomic E-state index is -0.545.